The highest BCUT2D eigenvalue weighted by Gasteiger charge is 2.43. The summed E-state index contributed by atoms with van der Waals surface area (Å²) in [4.78, 5) is 46.7. The monoisotopic (exact) mass is 880 g/mol. The summed E-state index contributed by atoms with van der Waals surface area (Å²) in [7, 11) is 0. The molecule has 16 heteroatoms. The number of hydrogen-bond acceptors (Lipinski definition) is 13. The number of phenols is 1. The average Bonchev–Trinajstić information content (AvgIpc) is 4.13. The molecule has 4 atom stereocenters. The third-order valence-corrected chi connectivity index (χ3v) is 13.7. The summed E-state index contributed by atoms with van der Waals surface area (Å²) in [6, 6.07) is 20.0. The minimum Gasteiger partial charge on any atom is -0.507 e. The van der Waals surface area contributed by atoms with Gasteiger partial charge >= 0.3 is 0 Å². The van der Waals surface area contributed by atoms with Crippen LogP contribution in [0.3, 0.4) is 0 Å². The van der Waals surface area contributed by atoms with Crippen molar-refractivity contribution in [2.45, 2.75) is 90.4 Å². The molecule has 330 valence electrons. The van der Waals surface area contributed by atoms with Crippen LogP contribution < -0.4 is 10.2 Å². The summed E-state index contributed by atoms with van der Waals surface area (Å²) in [6.07, 6.45) is 4.59. The molecule has 5 aromatic heterocycles. The molecule has 0 unspecified atom stereocenters. The van der Waals surface area contributed by atoms with Gasteiger partial charge in [-0.2, -0.15) is 0 Å². The van der Waals surface area contributed by atoms with Crippen LogP contribution in [0.15, 0.2) is 89.2 Å². The zero-order valence-electron chi connectivity index (χ0n) is 36.5. The normalized spacial score (nSPS) is 17.9. The molecule has 2 fully saturated rings. The van der Waals surface area contributed by atoms with Crippen LogP contribution in [0.2, 0.25) is 0 Å². The van der Waals surface area contributed by atoms with E-state index in [1.165, 1.54) is 10.6 Å². The van der Waals surface area contributed by atoms with Gasteiger partial charge in [-0.3, -0.25) is 9.59 Å². The van der Waals surface area contributed by atoms with Crippen molar-refractivity contribution < 1.29 is 24.3 Å². The number of anilines is 1. The first kappa shape index (κ1) is 42.8. The number of aromatic hydroxyl groups is 1. The minimum atomic E-state index is -0.839. The van der Waals surface area contributed by atoms with Crippen LogP contribution in [0.1, 0.15) is 87.5 Å². The Morgan fingerprint density at radius 3 is 2.38 bits per heavy atom. The maximum absolute atomic E-state index is 14.3. The fourth-order valence-corrected chi connectivity index (χ4v) is 10.1. The van der Waals surface area contributed by atoms with E-state index in [4.69, 9.17) is 14.5 Å². The lowest BCUT2D eigenvalue weighted by atomic mass is 9.91. The molecule has 0 spiro atoms. The number of aliphatic hydroxyl groups is 1. The van der Waals surface area contributed by atoms with Crippen LogP contribution in [0.5, 0.6) is 5.75 Å². The third kappa shape index (κ3) is 8.34. The second-order valence-electron chi connectivity index (χ2n) is 17.2. The minimum absolute atomic E-state index is 0.0451. The molecule has 64 heavy (non-hydrogen) atoms. The van der Waals surface area contributed by atoms with E-state index in [0.29, 0.717) is 40.1 Å². The van der Waals surface area contributed by atoms with Crippen molar-refractivity contribution in [1.29, 1.82) is 0 Å². The molecule has 2 aromatic carbocycles. The van der Waals surface area contributed by atoms with Crippen molar-refractivity contribution in [3.8, 4) is 38.7 Å². The Morgan fingerprint density at radius 2 is 1.69 bits per heavy atom. The number of carbonyl (C=O) groups excluding carboxylic acids is 2. The number of fused-ring (bicyclic) bond motifs is 1. The van der Waals surface area contributed by atoms with E-state index in [9.17, 15) is 19.8 Å². The standard InChI is InChI=1S/C48H52N10O5S/c1-6-57-39(21-38-40(57)20-37(53-54-38)35-9-7-8-10-42(35)60)31-15-17-56(18-16-31)48-49-23-33(24-50-48)36-22-43(63-55-36)44(27(2)3)47(62)58-25-34(59)19-41(58)46(61)52-28(4)30-11-13-32(14-12-30)45-29(5)51-26-64-45/h7-14,20-24,26-28,31,34,41,44,59-60H,6,15-19,25H2,1-5H3,(H,52,61)/t28-,34+,41-,44+/m0/s1. The number of rotatable bonds is 12. The average molecular weight is 881 g/mol. The Balaban J connectivity index is 0.837. The Morgan fingerprint density at radius 1 is 0.938 bits per heavy atom. The van der Waals surface area contributed by atoms with Crippen LogP contribution in [-0.4, -0.2) is 93.6 Å². The van der Waals surface area contributed by atoms with Crippen LogP contribution >= 0.6 is 11.3 Å². The van der Waals surface area contributed by atoms with Crippen molar-refractivity contribution in [2.24, 2.45) is 5.92 Å². The van der Waals surface area contributed by atoms with Crippen molar-refractivity contribution >= 4 is 40.1 Å². The fraction of sp³-hybridized carbons (Fsp3) is 0.375. The Bertz CT molecular complexity index is 2780. The summed E-state index contributed by atoms with van der Waals surface area (Å²) in [5.41, 5.74) is 10.3. The van der Waals surface area contributed by atoms with Gasteiger partial charge in [0.1, 0.15) is 34.7 Å². The van der Waals surface area contributed by atoms with E-state index in [1.54, 1.807) is 41.9 Å². The van der Waals surface area contributed by atoms with Gasteiger partial charge in [0, 0.05) is 73.8 Å². The zero-order chi connectivity index (χ0) is 44.6. The number of thiazole rings is 1. The molecule has 7 heterocycles. The van der Waals surface area contributed by atoms with Gasteiger partial charge in [-0.1, -0.05) is 55.4 Å². The first-order valence-corrected chi connectivity index (χ1v) is 22.8. The van der Waals surface area contributed by atoms with Gasteiger partial charge in [0.15, 0.2) is 0 Å². The topological polar surface area (TPSA) is 189 Å². The van der Waals surface area contributed by atoms with Crippen LogP contribution in [0, 0.1) is 12.8 Å². The summed E-state index contributed by atoms with van der Waals surface area (Å²) >= 11 is 1.59. The number of carbonyl (C=O) groups is 2. The number of aromatic nitrogens is 7. The van der Waals surface area contributed by atoms with Crippen molar-refractivity contribution in [3.63, 3.8) is 0 Å². The predicted octanol–water partition coefficient (Wildman–Crippen LogP) is 7.66. The van der Waals surface area contributed by atoms with Crippen molar-refractivity contribution in [1.82, 2.24) is 45.1 Å². The number of phenolic OH excluding ortho intramolecular Hbond substituents is 1. The van der Waals surface area contributed by atoms with Crippen LogP contribution in [0.4, 0.5) is 5.95 Å². The molecule has 2 saturated heterocycles. The number of nitrogens with one attached hydrogen (secondary N) is 1. The molecule has 0 bridgehead atoms. The van der Waals surface area contributed by atoms with E-state index < -0.39 is 18.1 Å². The Hall–Kier alpha value is -6.52. The maximum atomic E-state index is 14.3. The van der Waals surface area contributed by atoms with Gasteiger partial charge in [0.05, 0.1) is 39.4 Å². The number of piperidine rings is 1. The molecule has 7 aromatic rings. The van der Waals surface area contributed by atoms with E-state index in [1.807, 2.05) is 75.7 Å². The van der Waals surface area contributed by atoms with Gasteiger partial charge < -0.3 is 34.4 Å². The van der Waals surface area contributed by atoms with E-state index in [0.717, 1.165) is 65.2 Å². The number of amides is 2. The molecular formula is C48H52N10O5S. The lowest BCUT2D eigenvalue weighted by molar-refractivity contribution is -0.141. The second kappa shape index (κ2) is 17.9. The number of likely N-dealkylation sites (tertiary alicyclic amines) is 1. The van der Waals surface area contributed by atoms with Crippen LogP contribution in [0.25, 0.3) is 44.0 Å². The highest BCUT2D eigenvalue weighted by atomic mass is 32.1. The molecule has 0 radical (unpaired) electrons. The maximum Gasteiger partial charge on any atom is 0.243 e. The number of benzene rings is 2. The second-order valence-corrected chi connectivity index (χ2v) is 18.1. The lowest BCUT2D eigenvalue weighted by Gasteiger charge is -2.32. The smallest absolute Gasteiger partial charge is 0.243 e. The SMILES string of the molecule is CCn1c(C2CCN(c3ncc(-c4cc([C@H](C(=O)N5C[C@H](O)C[C@H]5C(=O)N[C@@H](C)c5ccc(-c6scnc6C)cc5)C(C)C)on4)cn3)CC2)cc2nnc(-c3ccccc3O)cc21. The molecule has 15 nitrogen and oxygen atoms in total. The molecular weight excluding hydrogens is 829 g/mol. The van der Waals surface area contributed by atoms with Gasteiger partial charge in [-0.05, 0) is 74.9 Å². The molecule has 0 saturated carbocycles. The number of aryl methyl sites for hydroxylation is 2. The van der Waals surface area contributed by atoms with Gasteiger partial charge in [0.25, 0.3) is 0 Å². The molecule has 2 aliphatic heterocycles. The van der Waals surface area contributed by atoms with Crippen LogP contribution in [-0.2, 0) is 16.1 Å². The van der Waals surface area contributed by atoms with E-state index in [2.05, 4.69) is 48.1 Å². The number of hydrogen-bond donors (Lipinski definition) is 3. The number of aliphatic hydroxyl groups excluding tert-OH is 1. The zero-order valence-corrected chi connectivity index (χ0v) is 37.4. The number of nitrogens with zero attached hydrogens (tertiary/aromatic N) is 9. The van der Waals surface area contributed by atoms with E-state index in [-0.39, 0.29) is 42.5 Å². The quantitative estimate of drug-likeness (QED) is 0.109. The number of β-amino-alcohol motifs (C(OH)–C–C–N with tert-alkyl or cyclic N) is 1. The molecule has 9 rings (SSSR count). The molecule has 0 aliphatic carbocycles. The van der Waals surface area contributed by atoms with Crippen molar-refractivity contribution in [3.05, 3.63) is 107 Å². The first-order chi connectivity index (χ1) is 31.0. The Labute approximate surface area is 375 Å². The van der Waals surface area contributed by atoms with Crippen molar-refractivity contribution in [2.75, 3.05) is 24.5 Å². The molecule has 3 N–H and O–H groups in total. The molecule has 2 aliphatic rings. The summed E-state index contributed by atoms with van der Waals surface area (Å²) < 4.78 is 8.14. The highest BCUT2D eigenvalue weighted by Crippen LogP contribution is 2.37. The summed E-state index contributed by atoms with van der Waals surface area (Å²) in [5.74, 6) is -0.0452. The molecule has 2 amide bonds. The largest absolute Gasteiger partial charge is 0.507 e. The first-order valence-electron chi connectivity index (χ1n) is 22.0. The lowest BCUT2D eigenvalue weighted by Crippen LogP contribution is -2.48. The van der Waals surface area contributed by atoms with E-state index >= 15 is 0 Å². The fourth-order valence-electron chi connectivity index (χ4n) is 9.26. The summed E-state index contributed by atoms with van der Waals surface area (Å²) in [5, 5.41) is 37.5. The van der Waals surface area contributed by atoms with Gasteiger partial charge in [-0.25, -0.2) is 15.0 Å². The van der Waals surface area contributed by atoms with Gasteiger partial charge in [0.2, 0.25) is 17.8 Å². The predicted molar refractivity (Wildman–Crippen MR) is 245 cm³/mol. The summed E-state index contributed by atoms with van der Waals surface area (Å²) in [6.45, 7) is 12.3. The van der Waals surface area contributed by atoms with Gasteiger partial charge in [-0.15, -0.1) is 21.5 Å². The highest BCUT2D eigenvalue weighted by molar-refractivity contribution is 7.13. The number of para-hydroxylation sites is 1. The Kier molecular flexibility index (Phi) is 12.0. The third-order valence-electron chi connectivity index (χ3n) is 12.7.